The molecule has 4 rings (SSSR count). The van der Waals surface area contributed by atoms with Crippen LogP contribution in [0.15, 0.2) is 28.8 Å². The van der Waals surface area contributed by atoms with E-state index < -0.39 is 0 Å². The Morgan fingerprint density at radius 2 is 2.07 bits per heavy atom. The van der Waals surface area contributed by atoms with Crippen molar-refractivity contribution < 1.29 is 18.8 Å². The first kappa shape index (κ1) is 18.6. The van der Waals surface area contributed by atoms with E-state index in [1.807, 2.05) is 0 Å². The number of anilines is 1. The average molecular weight is 384 g/mol. The van der Waals surface area contributed by atoms with Gasteiger partial charge in [0.05, 0.1) is 5.92 Å². The van der Waals surface area contributed by atoms with Gasteiger partial charge < -0.3 is 19.5 Å². The molecule has 0 saturated carbocycles. The van der Waals surface area contributed by atoms with Crippen LogP contribution in [0.25, 0.3) is 0 Å². The van der Waals surface area contributed by atoms with Crippen molar-refractivity contribution >= 4 is 17.5 Å². The average Bonchev–Trinajstić information content (AvgIpc) is 3.26. The molecule has 3 heterocycles. The van der Waals surface area contributed by atoms with Gasteiger partial charge in [0.2, 0.25) is 5.89 Å². The Morgan fingerprint density at radius 3 is 2.75 bits per heavy atom. The molecule has 1 aromatic carbocycles. The zero-order chi connectivity index (χ0) is 19.7. The number of nitrogens with one attached hydrogen (secondary N) is 1. The highest BCUT2D eigenvalue weighted by atomic mass is 16.5. The lowest BCUT2D eigenvalue weighted by molar-refractivity contribution is 0.00959. The molecule has 1 aromatic heterocycles. The molecule has 28 heavy (non-hydrogen) atoms. The third kappa shape index (κ3) is 3.52. The second-order valence-electron chi connectivity index (χ2n) is 7.65. The highest BCUT2D eigenvalue weighted by molar-refractivity contribution is 5.96. The van der Waals surface area contributed by atoms with Crippen LogP contribution >= 0.6 is 0 Å². The molecule has 0 aliphatic carbocycles. The van der Waals surface area contributed by atoms with E-state index in [9.17, 15) is 9.59 Å². The molecule has 8 heteroatoms. The van der Waals surface area contributed by atoms with Crippen molar-refractivity contribution in [3.05, 3.63) is 41.5 Å². The van der Waals surface area contributed by atoms with Gasteiger partial charge in [0, 0.05) is 43.0 Å². The molecule has 2 fully saturated rings. The van der Waals surface area contributed by atoms with Gasteiger partial charge in [-0.15, -0.1) is 0 Å². The molecule has 2 aliphatic rings. The number of urea groups is 1. The number of aryl methyl sites for hydroxylation is 1. The summed E-state index contributed by atoms with van der Waals surface area (Å²) in [5.41, 5.74) is 1.06. The fourth-order valence-electron chi connectivity index (χ4n) is 4.22. The van der Waals surface area contributed by atoms with Gasteiger partial charge in [0.15, 0.2) is 11.6 Å². The largest absolute Gasteiger partial charge is 0.381 e. The normalized spacial score (nSPS) is 21.1. The second kappa shape index (κ2) is 7.35. The number of carbonyl (C=O) groups excluding carboxylic acids is 2. The van der Waals surface area contributed by atoms with Crippen LogP contribution in [0.1, 0.15) is 47.8 Å². The van der Waals surface area contributed by atoms with Crippen LogP contribution < -0.4 is 5.32 Å². The lowest BCUT2D eigenvalue weighted by Gasteiger charge is -2.36. The predicted molar refractivity (Wildman–Crippen MR) is 101 cm³/mol. The minimum absolute atomic E-state index is 0.00750. The van der Waals surface area contributed by atoms with Crippen LogP contribution in [0, 0.1) is 12.3 Å². The van der Waals surface area contributed by atoms with Gasteiger partial charge in [-0.05, 0) is 38.8 Å². The van der Waals surface area contributed by atoms with Crippen molar-refractivity contribution in [2.75, 3.05) is 31.6 Å². The van der Waals surface area contributed by atoms with E-state index in [1.165, 1.54) is 6.92 Å². The molecule has 0 bridgehead atoms. The maximum absolute atomic E-state index is 12.9. The van der Waals surface area contributed by atoms with Crippen molar-refractivity contribution in [2.45, 2.75) is 32.6 Å². The topological polar surface area (TPSA) is 97.6 Å². The summed E-state index contributed by atoms with van der Waals surface area (Å²) in [5, 5.41) is 6.85. The van der Waals surface area contributed by atoms with Gasteiger partial charge in [-0.2, -0.15) is 4.98 Å². The third-order valence-corrected chi connectivity index (χ3v) is 5.79. The molecular weight excluding hydrogens is 360 g/mol. The lowest BCUT2D eigenvalue weighted by atomic mass is 9.72. The number of ketones is 1. The van der Waals surface area contributed by atoms with Gasteiger partial charge in [-0.1, -0.05) is 17.3 Å². The quantitative estimate of drug-likeness (QED) is 0.817. The number of Topliss-reactive ketones (excluding diaryl/α,β-unsaturated/α-hetero) is 1. The summed E-state index contributed by atoms with van der Waals surface area (Å²) < 4.78 is 11.0. The number of rotatable bonds is 3. The number of ether oxygens (including phenoxy) is 1. The number of likely N-dealkylation sites (tertiary alicyclic amines) is 1. The van der Waals surface area contributed by atoms with E-state index in [1.54, 1.807) is 36.1 Å². The molecule has 2 aliphatic heterocycles. The third-order valence-electron chi connectivity index (χ3n) is 5.79. The first-order valence-corrected chi connectivity index (χ1v) is 9.52. The first-order chi connectivity index (χ1) is 13.5. The highest BCUT2D eigenvalue weighted by Crippen LogP contribution is 2.49. The fourth-order valence-corrected chi connectivity index (χ4v) is 4.22. The smallest absolute Gasteiger partial charge is 0.321 e. The molecule has 2 saturated heterocycles. The minimum Gasteiger partial charge on any atom is -0.381 e. The van der Waals surface area contributed by atoms with Crippen molar-refractivity contribution in [1.29, 1.82) is 0 Å². The van der Waals surface area contributed by atoms with E-state index in [-0.39, 0.29) is 23.1 Å². The molecule has 0 unspecified atom stereocenters. The summed E-state index contributed by atoms with van der Waals surface area (Å²) >= 11 is 0. The summed E-state index contributed by atoms with van der Waals surface area (Å²) in [6.07, 6.45) is 1.70. The molecule has 2 aromatic rings. The summed E-state index contributed by atoms with van der Waals surface area (Å²) in [6.45, 7) is 5.76. The van der Waals surface area contributed by atoms with Crippen molar-refractivity contribution in [1.82, 2.24) is 15.0 Å². The summed E-state index contributed by atoms with van der Waals surface area (Å²) in [5.74, 6) is 1.14. The van der Waals surface area contributed by atoms with E-state index in [2.05, 4.69) is 15.5 Å². The Kier molecular flexibility index (Phi) is 4.89. The molecule has 1 spiro atoms. The molecule has 1 atom stereocenters. The van der Waals surface area contributed by atoms with Crippen molar-refractivity contribution in [2.24, 2.45) is 5.41 Å². The number of benzene rings is 1. The fraction of sp³-hybridized carbons (Fsp3) is 0.500. The summed E-state index contributed by atoms with van der Waals surface area (Å²) in [6, 6.07) is 6.78. The minimum atomic E-state index is -0.190. The van der Waals surface area contributed by atoms with Gasteiger partial charge in [-0.25, -0.2) is 4.79 Å². The maximum atomic E-state index is 12.9. The number of carbonyl (C=O) groups is 2. The highest BCUT2D eigenvalue weighted by Gasteiger charge is 2.51. The molecule has 2 amide bonds. The van der Waals surface area contributed by atoms with E-state index >= 15 is 0 Å². The molecule has 0 radical (unpaired) electrons. The molecule has 8 nitrogen and oxygen atoms in total. The number of amides is 2. The Bertz CT molecular complexity index is 888. The van der Waals surface area contributed by atoms with Crippen molar-refractivity contribution in [3.63, 3.8) is 0 Å². The van der Waals surface area contributed by atoms with E-state index in [0.29, 0.717) is 49.3 Å². The number of nitrogens with zero attached hydrogens (tertiary/aromatic N) is 3. The van der Waals surface area contributed by atoms with Gasteiger partial charge in [0.1, 0.15) is 0 Å². The molecular formula is C20H24N4O4. The number of hydrogen-bond acceptors (Lipinski definition) is 6. The Labute approximate surface area is 163 Å². The van der Waals surface area contributed by atoms with Gasteiger partial charge in [0.25, 0.3) is 0 Å². The van der Waals surface area contributed by atoms with Gasteiger partial charge in [-0.3, -0.25) is 4.79 Å². The summed E-state index contributed by atoms with van der Waals surface area (Å²) in [7, 11) is 0. The van der Waals surface area contributed by atoms with Crippen LogP contribution in [-0.2, 0) is 4.74 Å². The van der Waals surface area contributed by atoms with Crippen LogP contribution in [0.3, 0.4) is 0 Å². The zero-order valence-electron chi connectivity index (χ0n) is 16.1. The molecule has 1 N–H and O–H groups in total. The van der Waals surface area contributed by atoms with Gasteiger partial charge >= 0.3 is 6.03 Å². The van der Waals surface area contributed by atoms with Crippen LogP contribution in [0.2, 0.25) is 0 Å². The Balaban J connectivity index is 1.54. The first-order valence-electron chi connectivity index (χ1n) is 9.52. The van der Waals surface area contributed by atoms with Crippen molar-refractivity contribution in [3.8, 4) is 0 Å². The maximum Gasteiger partial charge on any atom is 0.321 e. The lowest BCUT2D eigenvalue weighted by Crippen LogP contribution is -2.38. The van der Waals surface area contributed by atoms with Crippen LogP contribution in [0.4, 0.5) is 10.5 Å². The second-order valence-corrected chi connectivity index (χ2v) is 7.65. The standard InChI is InChI=1S/C20H24N4O4/c1-13(25)15-4-3-5-16(10-15)22-19(26)24-11-17(18-21-14(2)23-28-18)20(12-24)6-8-27-9-7-20/h3-5,10,17H,6-9,11-12H2,1-2H3,(H,22,26)/t17-/m1/s1. The van der Waals surface area contributed by atoms with Crippen LogP contribution in [-0.4, -0.2) is 53.2 Å². The SMILES string of the molecule is CC(=O)c1cccc(NC(=O)N2C[C@H](c3nc(C)no3)C3(CCOCC3)C2)c1. The molecule has 148 valence electrons. The number of hydrogen-bond donors (Lipinski definition) is 1. The number of aromatic nitrogens is 2. The van der Waals surface area contributed by atoms with E-state index in [4.69, 9.17) is 9.26 Å². The zero-order valence-corrected chi connectivity index (χ0v) is 16.1. The Hall–Kier alpha value is -2.74. The monoisotopic (exact) mass is 384 g/mol. The summed E-state index contributed by atoms with van der Waals surface area (Å²) in [4.78, 5) is 30.8. The Morgan fingerprint density at radius 1 is 1.29 bits per heavy atom. The van der Waals surface area contributed by atoms with Crippen LogP contribution in [0.5, 0.6) is 0 Å². The van der Waals surface area contributed by atoms with E-state index in [0.717, 1.165) is 12.8 Å². The predicted octanol–water partition coefficient (Wildman–Crippen LogP) is 3.01.